The molecule has 78 valence electrons. The quantitative estimate of drug-likeness (QED) is 0.833. The Bertz CT molecular complexity index is 442. The van der Waals surface area contributed by atoms with E-state index in [1.165, 1.54) is 4.70 Å². The summed E-state index contributed by atoms with van der Waals surface area (Å²) in [4.78, 5) is 6.91. The van der Waals surface area contributed by atoms with Crippen molar-refractivity contribution >= 4 is 26.7 Å². The molecule has 0 spiro atoms. The molecule has 2 heterocycles. The largest absolute Gasteiger partial charge is 0.346 e. The fourth-order valence-corrected chi connectivity index (χ4v) is 2.71. The van der Waals surface area contributed by atoms with Crippen LogP contribution in [-0.2, 0) is 0 Å². The third-order valence-electron chi connectivity index (χ3n) is 2.89. The zero-order chi connectivity index (χ0) is 10.3. The van der Waals surface area contributed by atoms with Crippen LogP contribution in [0.3, 0.4) is 0 Å². The van der Waals surface area contributed by atoms with E-state index >= 15 is 0 Å². The minimum atomic E-state index is 0.616. The first-order valence-electron chi connectivity index (χ1n) is 5.14. The lowest BCUT2D eigenvalue weighted by atomic mass is 10.2. The van der Waals surface area contributed by atoms with Crippen molar-refractivity contribution < 1.29 is 0 Å². The van der Waals surface area contributed by atoms with Crippen LogP contribution in [0.1, 0.15) is 0 Å². The summed E-state index contributed by atoms with van der Waals surface area (Å²) < 4.78 is 1.27. The molecule has 0 amide bonds. The highest BCUT2D eigenvalue weighted by atomic mass is 32.1. The number of fused-ring (bicyclic) bond motifs is 1. The average Bonchev–Trinajstić information content (AvgIpc) is 2.58. The molecular weight excluding hydrogens is 206 g/mol. The van der Waals surface area contributed by atoms with E-state index in [2.05, 4.69) is 40.4 Å². The van der Waals surface area contributed by atoms with Crippen LogP contribution in [0.2, 0.25) is 0 Å². The van der Waals surface area contributed by atoms with Crippen LogP contribution in [0.15, 0.2) is 24.3 Å². The van der Waals surface area contributed by atoms with E-state index < -0.39 is 0 Å². The lowest BCUT2D eigenvalue weighted by Gasteiger charge is -2.35. The zero-order valence-electron chi connectivity index (χ0n) is 8.60. The van der Waals surface area contributed by atoms with E-state index in [-0.39, 0.29) is 0 Å². The number of benzene rings is 1. The van der Waals surface area contributed by atoms with Gasteiger partial charge in [0.2, 0.25) is 0 Å². The first-order valence-corrected chi connectivity index (χ1v) is 5.95. The second kappa shape index (κ2) is 3.47. The molecule has 3 nitrogen and oxygen atoms in total. The topological polar surface area (TPSA) is 28.2 Å². The summed E-state index contributed by atoms with van der Waals surface area (Å²) >= 11 is 1.77. The Morgan fingerprint density at radius 1 is 1.40 bits per heavy atom. The molecule has 0 aliphatic carbocycles. The summed E-state index contributed by atoms with van der Waals surface area (Å²) in [7, 11) is 2.13. The number of para-hydroxylation sites is 1. The number of hydrogen-bond donors (Lipinski definition) is 1. The molecule has 1 aliphatic rings. The number of nitrogens with one attached hydrogen (secondary N) is 1. The van der Waals surface area contributed by atoms with Gasteiger partial charge in [-0.2, -0.15) is 0 Å². The number of likely N-dealkylation sites (N-methyl/N-ethyl adjacent to an activating group) is 1. The Labute approximate surface area is 92.7 Å². The summed E-state index contributed by atoms with van der Waals surface area (Å²) in [5.74, 6) is 0. The normalized spacial score (nSPS) is 16.6. The van der Waals surface area contributed by atoms with Gasteiger partial charge in [-0.05, 0) is 12.1 Å². The predicted octanol–water partition coefficient (Wildman–Crippen LogP) is 1.70. The molecule has 1 aliphatic heterocycles. The Morgan fingerprint density at radius 2 is 2.20 bits per heavy atom. The van der Waals surface area contributed by atoms with E-state index in [0.29, 0.717) is 6.04 Å². The number of hydrogen-bond acceptors (Lipinski definition) is 4. The fourth-order valence-electron chi connectivity index (χ4n) is 1.71. The number of nitrogens with zero attached hydrogens (tertiary/aromatic N) is 2. The molecule has 1 aromatic carbocycles. The van der Waals surface area contributed by atoms with Crippen molar-refractivity contribution in [2.24, 2.45) is 0 Å². The first kappa shape index (κ1) is 9.12. The summed E-state index contributed by atoms with van der Waals surface area (Å²) in [6.45, 7) is 2.15. The maximum absolute atomic E-state index is 4.63. The predicted molar refractivity (Wildman–Crippen MR) is 64.7 cm³/mol. The summed E-state index contributed by atoms with van der Waals surface area (Å²) in [5, 5.41) is 4.41. The summed E-state index contributed by atoms with van der Waals surface area (Å²) in [6, 6.07) is 8.92. The molecule has 0 saturated carbocycles. The van der Waals surface area contributed by atoms with E-state index in [1.54, 1.807) is 11.3 Å². The molecule has 4 heteroatoms. The van der Waals surface area contributed by atoms with E-state index in [0.717, 1.165) is 23.7 Å². The molecule has 2 aromatic rings. The van der Waals surface area contributed by atoms with Gasteiger partial charge < -0.3 is 10.2 Å². The molecule has 1 N–H and O–H groups in total. The first-order chi connectivity index (χ1) is 7.34. The van der Waals surface area contributed by atoms with Crippen LogP contribution < -0.4 is 10.2 Å². The van der Waals surface area contributed by atoms with Gasteiger partial charge in [0.25, 0.3) is 0 Å². The Balaban J connectivity index is 1.96. The van der Waals surface area contributed by atoms with E-state index in [9.17, 15) is 0 Å². The highest BCUT2D eigenvalue weighted by Crippen LogP contribution is 2.29. The standard InChI is InChI=1S/C11H13N3S/c1-14(8-6-12-7-8)11-13-9-4-2-3-5-10(9)15-11/h2-5,8,12H,6-7H2,1H3. The Morgan fingerprint density at radius 3 is 2.87 bits per heavy atom. The van der Waals surface area contributed by atoms with Crippen molar-refractivity contribution in [1.82, 2.24) is 10.3 Å². The van der Waals surface area contributed by atoms with Gasteiger partial charge in [-0.25, -0.2) is 4.98 Å². The average molecular weight is 219 g/mol. The van der Waals surface area contributed by atoms with Crippen molar-refractivity contribution in [3.05, 3.63) is 24.3 Å². The second-order valence-corrected chi connectivity index (χ2v) is 4.90. The lowest BCUT2D eigenvalue weighted by molar-refractivity contribution is 0.428. The monoisotopic (exact) mass is 219 g/mol. The molecule has 1 saturated heterocycles. The summed E-state index contributed by atoms with van der Waals surface area (Å²) in [5.41, 5.74) is 1.11. The van der Waals surface area contributed by atoms with Gasteiger partial charge in [-0.15, -0.1) is 0 Å². The Hall–Kier alpha value is -1.13. The maximum atomic E-state index is 4.63. The van der Waals surface area contributed by atoms with Crippen LogP contribution in [0.4, 0.5) is 5.13 Å². The van der Waals surface area contributed by atoms with Crippen molar-refractivity contribution in [2.45, 2.75) is 6.04 Å². The van der Waals surface area contributed by atoms with Crippen molar-refractivity contribution in [1.29, 1.82) is 0 Å². The van der Waals surface area contributed by atoms with Crippen molar-refractivity contribution in [3.8, 4) is 0 Å². The van der Waals surface area contributed by atoms with Crippen LogP contribution in [0, 0.1) is 0 Å². The van der Waals surface area contributed by atoms with E-state index in [4.69, 9.17) is 0 Å². The zero-order valence-corrected chi connectivity index (χ0v) is 9.42. The molecule has 1 fully saturated rings. The second-order valence-electron chi connectivity index (χ2n) is 3.89. The molecule has 0 radical (unpaired) electrons. The highest BCUT2D eigenvalue weighted by Gasteiger charge is 2.23. The molecule has 1 aromatic heterocycles. The highest BCUT2D eigenvalue weighted by molar-refractivity contribution is 7.22. The smallest absolute Gasteiger partial charge is 0.186 e. The molecule has 0 unspecified atom stereocenters. The third-order valence-corrected chi connectivity index (χ3v) is 4.02. The van der Waals surface area contributed by atoms with Crippen molar-refractivity contribution in [2.75, 3.05) is 25.0 Å². The number of thiazole rings is 1. The Kier molecular flexibility index (Phi) is 2.11. The van der Waals surface area contributed by atoms with Gasteiger partial charge in [-0.1, -0.05) is 23.5 Å². The number of rotatable bonds is 2. The van der Waals surface area contributed by atoms with Crippen LogP contribution >= 0.6 is 11.3 Å². The lowest BCUT2D eigenvalue weighted by Crippen LogP contribution is -2.56. The minimum Gasteiger partial charge on any atom is -0.346 e. The van der Waals surface area contributed by atoms with Gasteiger partial charge in [-0.3, -0.25) is 0 Å². The van der Waals surface area contributed by atoms with Crippen LogP contribution in [0.25, 0.3) is 10.2 Å². The van der Waals surface area contributed by atoms with Gasteiger partial charge in [0, 0.05) is 20.1 Å². The van der Waals surface area contributed by atoms with Gasteiger partial charge >= 0.3 is 0 Å². The van der Waals surface area contributed by atoms with Gasteiger partial charge in [0.05, 0.1) is 16.3 Å². The van der Waals surface area contributed by atoms with Crippen LogP contribution in [-0.4, -0.2) is 31.2 Å². The molecular formula is C11H13N3S. The van der Waals surface area contributed by atoms with E-state index in [1.807, 2.05) is 6.07 Å². The third kappa shape index (κ3) is 1.50. The SMILES string of the molecule is CN(c1nc2ccccc2s1)C1CNC1. The fraction of sp³-hybridized carbons (Fsp3) is 0.364. The molecule has 0 atom stereocenters. The van der Waals surface area contributed by atoms with Crippen molar-refractivity contribution in [3.63, 3.8) is 0 Å². The number of aromatic nitrogens is 1. The molecule has 15 heavy (non-hydrogen) atoms. The van der Waals surface area contributed by atoms with Gasteiger partial charge in [0.1, 0.15) is 0 Å². The van der Waals surface area contributed by atoms with Crippen LogP contribution in [0.5, 0.6) is 0 Å². The number of anilines is 1. The molecule has 3 rings (SSSR count). The summed E-state index contributed by atoms with van der Waals surface area (Å²) in [6.07, 6.45) is 0. The molecule has 0 bridgehead atoms. The van der Waals surface area contributed by atoms with Gasteiger partial charge in [0.15, 0.2) is 5.13 Å². The maximum Gasteiger partial charge on any atom is 0.186 e. The minimum absolute atomic E-state index is 0.616.